The van der Waals surface area contributed by atoms with Crippen LogP contribution in [0.3, 0.4) is 0 Å². The fraction of sp³-hybridized carbons (Fsp3) is 0.0476. The zero-order valence-corrected chi connectivity index (χ0v) is 16.4. The predicted octanol–water partition coefficient (Wildman–Crippen LogP) is 5.37. The lowest BCUT2D eigenvalue weighted by Crippen LogP contribution is -2.27. The number of nitrogens with zero attached hydrogens (tertiary/aromatic N) is 2. The monoisotopic (exact) mass is 442 g/mol. The number of carbonyl (C=O) groups excluding carboxylic acids is 2. The second-order valence-corrected chi connectivity index (χ2v) is 7.51. The van der Waals surface area contributed by atoms with Crippen molar-refractivity contribution >= 4 is 34.7 Å². The molecule has 4 rings (SSSR count). The standard InChI is InChI=1S/C21H12F2N2O5S/c22-13-3-7-16(17(23)9-13)18-8-6-15(30-18)10-19-20(26)24(21(27)31-19)11-12-1-4-14(5-2-12)25(28)29/h1-10H,11H2/b19-10-. The van der Waals surface area contributed by atoms with Crippen LogP contribution in [0.2, 0.25) is 0 Å². The third-order valence-corrected chi connectivity index (χ3v) is 5.37. The second-order valence-electron chi connectivity index (χ2n) is 6.52. The van der Waals surface area contributed by atoms with Crippen molar-refractivity contribution in [2.75, 3.05) is 0 Å². The highest BCUT2D eigenvalue weighted by Crippen LogP contribution is 2.34. The fourth-order valence-electron chi connectivity index (χ4n) is 2.94. The average Bonchev–Trinajstić information content (AvgIpc) is 3.28. The van der Waals surface area contributed by atoms with Crippen LogP contribution in [0.25, 0.3) is 17.4 Å². The maximum absolute atomic E-state index is 13.9. The molecule has 0 saturated carbocycles. The molecule has 0 unspecified atom stereocenters. The summed E-state index contributed by atoms with van der Waals surface area (Å²) in [6, 6.07) is 11.6. The summed E-state index contributed by atoms with van der Waals surface area (Å²) in [5.41, 5.74) is 0.526. The number of hydrogen-bond acceptors (Lipinski definition) is 6. The molecule has 0 spiro atoms. The lowest BCUT2D eigenvalue weighted by atomic mass is 10.1. The summed E-state index contributed by atoms with van der Waals surface area (Å²) >= 11 is 0.721. The molecule has 0 N–H and O–H groups in total. The van der Waals surface area contributed by atoms with E-state index in [1.807, 2.05) is 0 Å². The number of hydrogen-bond donors (Lipinski definition) is 0. The summed E-state index contributed by atoms with van der Waals surface area (Å²) in [5, 5.41) is 10.2. The molecule has 0 radical (unpaired) electrons. The first kappa shape index (κ1) is 20.5. The quantitative estimate of drug-likeness (QED) is 0.300. The molecule has 2 aromatic carbocycles. The molecular weight excluding hydrogens is 430 g/mol. The van der Waals surface area contributed by atoms with E-state index in [4.69, 9.17) is 4.42 Å². The van der Waals surface area contributed by atoms with E-state index in [0.29, 0.717) is 5.56 Å². The van der Waals surface area contributed by atoms with Crippen molar-refractivity contribution in [3.05, 3.63) is 92.6 Å². The Morgan fingerprint density at radius 1 is 1.06 bits per heavy atom. The van der Waals surface area contributed by atoms with E-state index in [1.165, 1.54) is 48.5 Å². The van der Waals surface area contributed by atoms with Crippen molar-refractivity contribution in [2.24, 2.45) is 0 Å². The van der Waals surface area contributed by atoms with Crippen molar-refractivity contribution in [3.8, 4) is 11.3 Å². The van der Waals surface area contributed by atoms with Gasteiger partial charge in [-0.25, -0.2) is 8.78 Å². The first-order chi connectivity index (χ1) is 14.8. The number of rotatable bonds is 5. The Balaban J connectivity index is 1.52. The summed E-state index contributed by atoms with van der Waals surface area (Å²) in [5.74, 6) is -1.67. The van der Waals surface area contributed by atoms with Gasteiger partial charge in [0.15, 0.2) is 0 Å². The lowest BCUT2D eigenvalue weighted by molar-refractivity contribution is -0.384. The van der Waals surface area contributed by atoms with Gasteiger partial charge in [-0.15, -0.1) is 0 Å². The Bertz CT molecular complexity index is 1240. The maximum Gasteiger partial charge on any atom is 0.293 e. The van der Waals surface area contributed by atoms with E-state index in [2.05, 4.69) is 0 Å². The van der Waals surface area contributed by atoms with Crippen molar-refractivity contribution in [3.63, 3.8) is 0 Å². The molecule has 7 nitrogen and oxygen atoms in total. The Morgan fingerprint density at radius 3 is 2.48 bits per heavy atom. The molecule has 0 aliphatic carbocycles. The van der Waals surface area contributed by atoms with Gasteiger partial charge in [-0.3, -0.25) is 24.6 Å². The number of imide groups is 1. The largest absolute Gasteiger partial charge is 0.457 e. The van der Waals surface area contributed by atoms with Crippen LogP contribution in [0, 0.1) is 21.7 Å². The van der Waals surface area contributed by atoms with Crippen molar-refractivity contribution in [2.45, 2.75) is 6.54 Å². The average molecular weight is 442 g/mol. The van der Waals surface area contributed by atoms with Gasteiger partial charge in [0.1, 0.15) is 23.2 Å². The van der Waals surface area contributed by atoms with Gasteiger partial charge in [-0.05, 0) is 41.6 Å². The van der Waals surface area contributed by atoms with E-state index in [-0.39, 0.29) is 34.2 Å². The fourth-order valence-corrected chi connectivity index (χ4v) is 3.75. The lowest BCUT2D eigenvalue weighted by Gasteiger charge is -2.12. The van der Waals surface area contributed by atoms with E-state index < -0.39 is 27.7 Å². The summed E-state index contributed by atoms with van der Waals surface area (Å²) in [4.78, 5) is 36.2. The Morgan fingerprint density at radius 2 is 1.81 bits per heavy atom. The number of non-ortho nitro benzene ring substituents is 1. The molecule has 31 heavy (non-hydrogen) atoms. The summed E-state index contributed by atoms with van der Waals surface area (Å²) in [7, 11) is 0. The van der Waals surface area contributed by atoms with Gasteiger partial charge in [-0.2, -0.15) is 0 Å². The first-order valence-electron chi connectivity index (χ1n) is 8.86. The number of furan rings is 1. The number of halogens is 2. The highest BCUT2D eigenvalue weighted by atomic mass is 32.2. The molecule has 1 aliphatic heterocycles. The van der Waals surface area contributed by atoms with Gasteiger partial charge >= 0.3 is 0 Å². The smallest absolute Gasteiger partial charge is 0.293 e. The molecule has 156 valence electrons. The van der Waals surface area contributed by atoms with Crippen LogP contribution in [0.1, 0.15) is 11.3 Å². The number of benzene rings is 2. The van der Waals surface area contributed by atoms with Crippen LogP contribution in [-0.4, -0.2) is 21.0 Å². The maximum atomic E-state index is 13.9. The normalized spacial score (nSPS) is 15.2. The summed E-state index contributed by atoms with van der Waals surface area (Å²) in [6.07, 6.45) is 1.37. The zero-order valence-electron chi connectivity index (χ0n) is 15.6. The molecule has 10 heteroatoms. The van der Waals surface area contributed by atoms with Crippen LogP contribution >= 0.6 is 11.8 Å². The van der Waals surface area contributed by atoms with Crippen LogP contribution in [-0.2, 0) is 11.3 Å². The summed E-state index contributed by atoms with van der Waals surface area (Å²) in [6.45, 7) is -0.0375. The number of thioether (sulfide) groups is 1. The summed E-state index contributed by atoms with van der Waals surface area (Å²) < 4.78 is 32.5. The number of amides is 2. The van der Waals surface area contributed by atoms with Crippen molar-refractivity contribution < 1.29 is 27.7 Å². The number of carbonyl (C=O) groups is 2. The third-order valence-electron chi connectivity index (χ3n) is 4.46. The molecule has 1 aromatic heterocycles. The van der Waals surface area contributed by atoms with E-state index in [0.717, 1.165) is 28.8 Å². The van der Waals surface area contributed by atoms with Gasteiger partial charge < -0.3 is 4.42 Å². The highest BCUT2D eigenvalue weighted by molar-refractivity contribution is 8.18. The molecule has 0 bridgehead atoms. The SMILES string of the molecule is O=C1S/C(=C\c2ccc(-c3ccc(F)cc3F)o2)C(=O)N1Cc1ccc([N+](=O)[O-])cc1. The van der Waals surface area contributed by atoms with Gasteiger partial charge in [0.25, 0.3) is 16.8 Å². The van der Waals surface area contributed by atoms with Crippen molar-refractivity contribution in [1.29, 1.82) is 0 Å². The van der Waals surface area contributed by atoms with E-state index in [1.54, 1.807) is 0 Å². The van der Waals surface area contributed by atoms with E-state index in [9.17, 15) is 28.5 Å². The molecule has 3 aromatic rings. The highest BCUT2D eigenvalue weighted by Gasteiger charge is 2.35. The minimum Gasteiger partial charge on any atom is -0.457 e. The predicted molar refractivity (Wildman–Crippen MR) is 109 cm³/mol. The van der Waals surface area contributed by atoms with Gasteiger partial charge in [0, 0.05) is 24.3 Å². The molecule has 1 aliphatic rings. The minimum atomic E-state index is -0.788. The van der Waals surface area contributed by atoms with E-state index >= 15 is 0 Å². The molecule has 2 amide bonds. The molecule has 0 atom stereocenters. The third kappa shape index (κ3) is 4.24. The molecule has 1 fully saturated rings. The van der Waals surface area contributed by atoms with Crippen LogP contribution in [0.15, 0.2) is 63.9 Å². The number of nitro benzene ring substituents is 1. The Kier molecular flexibility index (Phi) is 5.38. The van der Waals surface area contributed by atoms with Crippen LogP contribution in [0.5, 0.6) is 0 Å². The van der Waals surface area contributed by atoms with Gasteiger partial charge in [-0.1, -0.05) is 12.1 Å². The van der Waals surface area contributed by atoms with Gasteiger partial charge in [0.05, 0.1) is 21.9 Å². The Hall–Kier alpha value is -3.79. The second kappa shape index (κ2) is 8.15. The topological polar surface area (TPSA) is 93.7 Å². The Labute approximate surface area is 178 Å². The van der Waals surface area contributed by atoms with Gasteiger partial charge in [0.2, 0.25) is 0 Å². The molecule has 2 heterocycles. The first-order valence-corrected chi connectivity index (χ1v) is 9.67. The van der Waals surface area contributed by atoms with Crippen molar-refractivity contribution in [1.82, 2.24) is 4.90 Å². The molecule has 1 saturated heterocycles. The number of nitro groups is 1. The van der Waals surface area contributed by atoms with Crippen LogP contribution in [0.4, 0.5) is 19.3 Å². The minimum absolute atomic E-state index is 0.0375. The zero-order chi connectivity index (χ0) is 22.1. The molecular formula is C21H12F2N2O5S. The van der Waals surface area contributed by atoms with Crippen LogP contribution < -0.4 is 0 Å².